The van der Waals surface area contributed by atoms with Crippen LogP contribution in [-0.2, 0) is 16.1 Å². The van der Waals surface area contributed by atoms with E-state index in [9.17, 15) is 4.79 Å². The van der Waals surface area contributed by atoms with Crippen molar-refractivity contribution in [1.29, 1.82) is 0 Å². The lowest BCUT2D eigenvalue weighted by Gasteiger charge is -2.30. The number of carbonyl (C=O) groups is 1. The average molecular weight is 262 g/mol. The predicted molar refractivity (Wildman–Crippen MR) is 74.7 cm³/mol. The standard InChI is InChI=1S/C15H22N2O2/c1-15(2,14(18)19-3)17-13-8-9-16-10-11-6-4-5-7-12(11)13/h4-7,13,16-17H,8-10H2,1-3H3. The summed E-state index contributed by atoms with van der Waals surface area (Å²) in [6, 6.07) is 8.53. The van der Waals surface area contributed by atoms with Crippen LogP contribution in [0.1, 0.15) is 37.4 Å². The fraction of sp³-hybridized carbons (Fsp3) is 0.533. The zero-order valence-corrected chi connectivity index (χ0v) is 11.8. The third-order valence-electron chi connectivity index (χ3n) is 3.59. The molecular weight excluding hydrogens is 240 g/mol. The van der Waals surface area contributed by atoms with Crippen LogP contribution in [0.25, 0.3) is 0 Å². The van der Waals surface area contributed by atoms with Gasteiger partial charge < -0.3 is 10.1 Å². The Morgan fingerprint density at radius 1 is 1.42 bits per heavy atom. The van der Waals surface area contributed by atoms with Gasteiger partial charge in [0.2, 0.25) is 0 Å². The maximum absolute atomic E-state index is 11.8. The van der Waals surface area contributed by atoms with E-state index in [1.54, 1.807) is 0 Å². The van der Waals surface area contributed by atoms with Gasteiger partial charge in [-0.25, -0.2) is 0 Å². The van der Waals surface area contributed by atoms with Gasteiger partial charge in [0, 0.05) is 12.6 Å². The van der Waals surface area contributed by atoms with Crippen molar-refractivity contribution in [2.75, 3.05) is 13.7 Å². The Balaban J connectivity index is 2.23. The van der Waals surface area contributed by atoms with Crippen LogP contribution < -0.4 is 10.6 Å². The molecule has 4 heteroatoms. The molecule has 4 nitrogen and oxygen atoms in total. The molecule has 19 heavy (non-hydrogen) atoms. The number of ether oxygens (including phenoxy) is 1. The average Bonchev–Trinajstić information content (AvgIpc) is 2.60. The molecular formula is C15H22N2O2. The lowest BCUT2D eigenvalue weighted by Crippen LogP contribution is -2.49. The third kappa shape index (κ3) is 3.14. The van der Waals surface area contributed by atoms with Gasteiger partial charge in [0.15, 0.2) is 0 Å². The van der Waals surface area contributed by atoms with E-state index in [2.05, 4.69) is 22.8 Å². The first-order valence-corrected chi connectivity index (χ1v) is 6.69. The van der Waals surface area contributed by atoms with Crippen LogP contribution in [0.3, 0.4) is 0 Å². The molecule has 0 radical (unpaired) electrons. The van der Waals surface area contributed by atoms with Gasteiger partial charge in [-0.15, -0.1) is 0 Å². The van der Waals surface area contributed by atoms with Crippen molar-refractivity contribution in [2.45, 2.75) is 38.4 Å². The molecule has 2 rings (SSSR count). The van der Waals surface area contributed by atoms with Crippen molar-refractivity contribution >= 4 is 5.97 Å². The van der Waals surface area contributed by atoms with E-state index < -0.39 is 5.54 Å². The second-order valence-electron chi connectivity index (χ2n) is 5.48. The summed E-state index contributed by atoms with van der Waals surface area (Å²) in [5, 5.41) is 6.83. The molecule has 1 aromatic rings. The number of fused-ring (bicyclic) bond motifs is 1. The highest BCUT2D eigenvalue weighted by Crippen LogP contribution is 2.26. The van der Waals surface area contributed by atoms with Gasteiger partial charge in [-0.3, -0.25) is 10.1 Å². The molecule has 104 valence electrons. The van der Waals surface area contributed by atoms with Crippen LogP contribution in [0.15, 0.2) is 24.3 Å². The van der Waals surface area contributed by atoms with Gasteiger partial charge in [0.1, 0.15) is 5.54 Å². The first-order valence-electron chi connectivity index (χ1n) is 6.69. The number of benzene rings is 1. The zero-order chi connectivity index (χ0) is 13.9. The molecule has 0 aliphatic carbocycles. The smallest absolute Gasteiger partial charge is 0.325 e. The first kappa shape index (κ1) is 14.0. The van der Waals surface area contributed by atoms with Gasteiger partial charge in [-0.1, -0.05) is 24.3 Å². The van der Waals surface area contributed by atoms with E-state index in [0.29, 0.717) is 0 Å². The Bertz CT molecular complexity index is 457. The Morgan fingerprint density at radius 2 is 2.16 bits per heavy atom. The van der Waals surface area contributed by atoms with Crippen molar-refractivity contribution in [2.24, 2.45) is 0 Å². The summed E-state index contributed by atoms with van der Waals surface area (Å²) < 4.78 is 4.86. The lowest BCUT2D eigenvalue weighted by molar-refractivity contribution is -0.147. The van der Waals surface area contributed by atoms with Crippen LogP contribution in [0.5, 0.6) is 0 Å². The summed E-state index contributed by atoms with van der Waals surface area (Å²) in [6.45, 7) is 5.54. The molecule has 1 aromatic carbocycles. The number of nitrogens with one attached hydrogen (secondary N) is 2. The number of rotatable bonds is 3. The van der Waals surface area contributed by atoms with Gasteiger partial charge in [0.25, 0.3) is 0 Å². The maximum Gasteiger partial charge on any atom is 0.325 e. The number of carbonyl (C=O) groups excluding carboxylic acids is 1. The van der Waals surface area contributed by atoms with Crippen LogP contribution >= 0.6 is 0 Å². The number of hydrogen-bond acceptors (Lipinski definition) is 4. The van der Waals surface area contributed by atoms with E-state index >= 15 is 0 Å². The Hall–Kier alpha value is -1.39. The Kier molecular flexibility index (Phi) is 4.22. The lowest BCUT2D eigenvalue weighted by atomic mass is 9.95. The summed E-state index contributed by atoms with van der Waals surface area (Å²) in [5.74, 6) is -0.234. The molecule has 0 fully saturated rings. The highest BCUT2D eigenvalue weighted by molar-refractivity contribution is 5.79. The molecule has 1 aliphatic rings. The summed E-state index contributed by atoms with van der Waals surface area (Å²) in [4.78, 5) is 11.8. The minimum absolute atomic E-state index is 0.167. The Labute approximate surface area is 114 Å². The van der Waals surface area contributed by atoms with E-state index in [0.717, 1.165) is 19.5 Å². The summed E-state index contributed by atoms with van der Waals surface area (Å²) >= 11 is 0. The Morgan fingerprint density at radius 3 is 2.89 bits per heavy atom. The van der Waals surface area contributed by atoms with Gasteiger partial charge >= 0.3 is 5.97 Å². The zero-order valence-electron chi connectivity index (χ0n) is 11.8. The highest BCUT2D eigenvalue weighted by atomic mass is 16.5. The molecule has 0 bridgehead atoms. The summed E-state index contributed by atoms with van der Waals surface area (Å²) in [6.07, 6.45) is 0.956. The number of esters is 1. The fourth-order valence-corrected chi connectivity index (χ4v) is 2.56. The number of methoxy groups -OCH3 is 1. The largest absolute Gasteiger partial charge is 0.468 e. The SMILES string of the molecule is COC(=O)C(C)(C)NC1CCNCc2ccccc21. The topological polar surface area (TPSA) is 50.4 Å². The second-order valence-corrected chi connectivity index (χ2v) is 5.48. The normalized spacial score (nSPS) is 19.4. The first-order chi connectivity index (χ1) is 9.04. The highest BCUT2D eigenvalue weighted by Gasteiger charge is 2.32. The van der Waals surface area contributed by atoms with Crippen LogP contribution in [0.2, 0.25) is 0 Å². The molecule has 2 N–H and O–H groups in total. The van der Waals surface area contributed by atoms with E-state index in [1.807, 2.05) is 26.0 Å². The van der Waals surface area contributed by atoms with Crippen molar-refractivity contribution in [1.82, 2.24) is 10.6 Å². The quantitative estimate of drug-likeness (QED) is 0.815. The third-order valence-corrected chi connectivity index (χ3v) is 3.59. The van der Waals surface area contributed by atoms with Gasteiger partial charge in [-0.05, 0) is 37.9 Å². The van der Waals surface area contributed by atoms with Crippen molar-refractivity contribution < 1.29 is 9.53 Å². The van der Waals surface area contributed by atoms with E-state index in [-0.39, 0.29) is 12.0 Å². The molecule has 0 saturated heterocycles. The fourth-order valence-electron chi connectivity index (χ4n) is 2.56. The minimum Gasteiger partial charge on any atom is -0.468 e. The summed E-state index contributed by atoms with van der Waals surface area (Å²) in [7, 11) is 1.42. The molecule has 0 amide bonds. The minimum atomic E-state index is -0.684. The molecule has 0 aromatic heterocycles. The van der Waals surface area contributed by atoms with Crippen LogP contribution in [0, 0.1) is 0 Å². The maximum atomic E-state index is 11.8. The van der Waals surface area contributed by atoms with Crippen LogP contribution in [0.4, 0.5) is 0 Å². The van der Waals surface area contributed by atoms with Crippen molar-refractivity contribution in [3.8, 4) is 0 Å². The summed E-state index contributed by atoms with van der Waals surface area (Å²) in [5.41, 5.74) is 1.87. The van der Waals surface area contributed by atoms with E-state index in [4.69, 9.17) is 4.74 Å². The number of hydrogen-bond donors (Lipinski definition) is 2. The van der Waals surface area contributed by atoms with Gasteiger partial charge in [-0.2, -0.15) is 0 Å². The molecule has 1 heterocycles. The molecule has 1 atom stereocenters. The monoisotopic (exact) mass is 262 g/mol. The van der Waals surface area contributed by atoms with E-state index in [1.165, 1.54) is 18.2 Å². The van der Waals surface area contributed by atoms with Crippen molar-refractivity contribution in [3.05, 3.63) is 35.4 Å². The molecule has 0 saturated carbocycles. The van der Waals surface area contributed by atoms with Crippen LogP contribution in [-0.4, -0.2) is 25.2 Å². The molecule has 1 unspecified atom stereocenters. The molecule has 1 aliphatic heterocycles. The molecule has 0 spiro atoms. The van der Waals surface area contributed by atoms with Gasteiger partial charge in [0.05, 0.1) is 7.11 Å². The predicted octanol–water partition coefficient (Wildman–Crippen LogP) is 1.76. The van der Waals surface area contributed by atoms with Crippen molar-refractivity contribution in [3.63, 3.8) is 0 Å². The second kappa shape index (κ2) is 5.72.